The number of hydrogen-bond donors (Lipinski definition) is 2. The normalized spacial score (nSPS) is 10.3. The molecule has 0 spiro atoms. The van der Waals surface area contributed by atoms with Crippen LogP contribution in [0.2, 0.25) is 0 Å². The predicted octanol–water partition coefficient (Wildman–Crippen LogP) is 1.20. The van der Waals surface area contributed by atoms with Crippen LogP contribution >= 0.6 is 32.4 Å². The summed E-state index contributed by atoms with van der Waals surface area (Å²) in [6.45, 7) is 5.02. The second kappa shape index (κ2) is 7.35. The first-order valence-corrected chi connectivity index (χ1v) is 4.74. The van der Waals surface area contributed by atoms with Gasteiger partial charge in [-0.05, 0) is 0 Å². The van der Waals surface area contributed by atoms with E-state index in [1.807, 2.05) is 13.8 Å². The van der Waals surface area contributed by atoms with E-state index in [2.05, 4.69) is 0 Å². The van der Waals surface area contributed by atoms with E-state index in [4.69, 9.17) is 11.0 Å². The van der Waals surface area contributed by atoms with Crippen molar-refractivity contribution >= 4 is 32.4 Å². The van der Waals surface area contributed by atoms with Crippen LogP contribution in [-0.4, -0.2) is 17.8 Å². The van der Waals surface area contributed by atoms with Gasteiger partial charge in [0.1, 0.15) is 0 Å². The molecule has 0 saturated carbocycles. The van der Waals surface area contributed by atoms with E-state index in [-0.39, 0.29) is 24.8 Å². The van der Waals surface area contributed by atoms with Gasteiger partial charge in [0.2, 0.25) is 0 Å². The number of nitrogens with zero attached hydrogens (tertiary/aromatic N) is 1. The van der Waals surface area contributed by atoms with Crippen molar-refractivity contribution in [2.24, 2.45) is 11.0 Å². The molecule has 0 amide bonds. The van der Waals surface area contributed by atoms with Gasteiger partial charge in [-0.1, -0.05) is 13.8 Å². The zero-order chi connectivity index (χ0) is 7.49. The number of rotatable bonds is 3. The SMILES string of the molecule is CCN(CC)P(N)(N)=O.Cl.Cl. The predicted molar refractivity (Wildman–Crippen MR) is 53.4 cm³/mol. The van der Waals surface area contributed by atoms with Gasteiger partial charge in [-0.2, -0.15) is 0 Å². The van der Waals surface area contributed by atoms with Crippen molar-refractivity contribution in [2.75, 3.05) is 13.1 Å². The average molecular weight is 224 g/mol. The molecule has 0 aromatic heterocycles. The summed E-state index contributed by atoms with van der Waals surface area (Å²) in [5.74, 6) is 0. The van der Waals surface area contributed by atoms with Gasteiger partial charge in [0.25, 0.3) is 7.59 Å². The molecule has 4 N–H and O–H groups in total. The first kappa shape index (κ1) is 17.7. The van der Waals surface area contributed by atoms with Crippen LogP contribution in [0, 0.1) is 0 Å². The average Bonchev–Trinajstić information content (AvgIpc) is 1.65. The molecule has 0 rings (SSSR count). The highest BCUT2D eigenvalue weighted by Crippen LogP contribution is 2.29. The third kappa shape index (κ3) is 7.06. The lowest BCUT2D eigenvalue weighted by Crippen LogP contribution is -2.28. The molecule has 0 aliphatic heterocycles. The van der Waals surface area contributed by atoms with Crippen molar-refractivity contribution in [1.82, 2.24) is 4.67 Å². The molecule has 0 aromatic rings. The highest BCUT2D eigenvalue weighted by Gasteiger charge is 2.15. The Bertz CT molecular complexity index is 125. The minimum Gasteiger partial charge on any atom is -0.271 e. The van der Waals surface area contributed by atoms with Crippen LogP contribution in [0.15, 0.2) is 0 Å². The molecule has 0 atom stereocenters. The van der Waals surface area contributed by atoms with E-state index in [0.717, 1.165) is 0 Å². The summed E-state index contributed by atoms with van der Waals surface area (Å²) >= 11 is 0. The number of hydrogen-bond acceptors (Lipinski definition) is 1. The maximum absolute atomic E-state index is 10.9. The molecule has 0 radical (unpaired) electrons. The molecule has 72 valence electrons. The minimum atomic E-state index is -2.94. The van der Waals surface area contributed by atoms with Crippen molar-refractivity contribution in [3.63, 3.8) is 0 Å². The van der Waals surface area contributed by atoms with Crippen LogP contribution < -0.4 is 11.0 Å². The third-order valence-corrected chi connectivity index (χ3v) is 2.62. The van der Waals surface area contributed by atoms with Gasteiger partial charge in [-0.3, -0.25) is 15.6 Å². The lowest BCUT2D eigenvalue weighted by molar-refractivity contribution is 0.444. The van der Waals surface area contributed by atoms with Gasteiger partial charge in [-0.15, -0.1) is 24.8 Å². The largest absolute Gasteiger partial charge is 0.276 e. The van der Waals surface area contributed by atoms with E-state index in [0.29, 0.717) is 13.1 Å². The minimum absolute atomic E-state index is 0. The van der Waals surface area contributed by atoms with Crippen LogP contribution in [0.3, 0.4) is 0 Å². The smallest absolute Gasteiger partial charge is 0.271 e. The summed E-state index contributed by atoms with van der Waals surface area (Å²) in [6.07, 6.45) is 0. The first-order valence-electron chi connectivity index (χ1n) is 2.95. The zero-order valence-corrected chi connectivity index (χ0v) is 9.22. The molecule has 0 saturated heterocycles. The standard InChI is InChI=1S/C4H14N3OP.2ClH/c1-3-7(4-2)9(5,6)8;;/h3-4H2,1-2H3,(H4,5,6,8);2*1H. The Hall–Kier alpha value is 0.690. The third-order valence-electron chi connectivity index (χ3n) is 1.17. The molecule has 11 heavy (non-hydrogen) atoms. The molecular formula is C4H16Cl2N3OP. The topological polar surface area (TPSA) is 72.3 Å². The maximum Gasteiger partial charge on any atom is 0.276 e. The highest BCUT2D eigenvalue weighted by molar-refractivity contribution is 7.56. The Kier molecular flexibility index (Phi) is 11.8. The Morgan fingerprint density at radius 3 is 1.45 bits per heavy atom. The van der Waals surface area contributed by atoms with Crippen molar-refractivity contribution in [2.45, 2.75) is 13.8 Å². The van der Waals surface area contributed by atoms with E-state index < -0.39 is 7.59 Å². The second-order valence-electron chi connectivity index (χ2n) is 1.81. The van der Waals surface area contributed by atoms with Crippen LogP contribution in [0.25, 0.3) is 0 Å². The lowest BCUT2D eigenvalue weighted by atomic mass is 10.7. The van der Waals surface area contributed by atoms with E-state index in [1.165, 1.54) is 0 Å². The number of halogens is 2. The van der Waals surface area contributed by atoms with Crippen molar-refractivity contribution in [1.29, 1.82) is 0 Å². The monoisotopic (exact) mass is 223 g/mol. The summed E-state index contributed by atoms with van der Waals surface area (Å²) in [4.78, 5) is 0. The van der Waals surface area contributed by atoms with Crippen molar-refractivity contribution in [3.8, 4) is 0 Å². The fraction of sp³-hybridized carbons (Fsp3) is 1.00. The summed E-state index contributed by atoms with van der Waals surface area (Å²) in [7, 11) is -2.94. The van der Waals surface area contributed by atoms with Crippen LogP contribution in [0.1, 0.15) is 13.8 Å². The molecule has 0 aromatic carbocycles. The molecule has 0 bridgehead atoms. The second-order valence-corrected chi connectivity index (χ2v) is 3.72. The molecule has 0 aliphatic carbocycles. The first-order chi connectivity index (χ1) is 4.02. The molecule has 0 unspecified atom stereocenters. The zero-order valence-electron chi connectivity index (χ0n) is 6.69. The summed E-state index contributed by atoms with van der Waals surface area (Å²) in [6, 6.07) is 0. The van der Waals surface area contributed by atoms with Gasteiger partial charge >= 0.3 is 0 Å². The summed E-state index contributed by atoms with van der Waals surface area (Å²) < 4.78 is 12.4. The van der Waals surface area contributed by atoms with Gasteiger partial charge in [0.15, 0.2) is 0 Å². The quantitative estimate of drug-likeness (QED) is 0.706. The Morgan fingerprint density at radius 1 is 1.18 bits per heavy atom. The Morgan fingerprint density at radius 2 is 1.45 bits per heavy atom. The summed E-state index contributed by atoms with van der Waals surface area (Å²) in [5, 5.41) is 0. The fourth-order valence-corrected chi connectivity index (χ4v) is 1.55. The summed E-state index contributed by atoms with van der Waals surface area (Å²) in [5.41, 5.74) is 10.3. The highest BCUT2D eigenvalue weighted by atomic mass is 35.5. The fourth-order valence-electron chi connectivity index (χ4n) is 0.666. The molecular weight excluding hydrogens is 208 g/mol. The van der Waals surface area contributed by atoms with Crippen molar-refractivity contribution < 1.29 is 4.57 Å². The van der Waals surface area contributed by atoms with Crippen molar-refractivity contribution in [3.05, 3.63) is 0 Å². The van der Waals surface area contributed by atoms with Gasteiger partial charge < -0.3 is 0 Å². The van der Waals surface area contributed by atoms with E-state index in [9.17, 15) is 4.57 Å². The number of nitrogens with two attached hydrogens (primary N) is 2. The lowest BCUT2D eigenvalue weighted by Gasteiger charge is -2.21. The Labute approximate surface area is 80.0 Å². The Balaban J connectivity index is -0.000000320. The van der Waals surface area contributed by atoms with Gasteiger partial charge in [-0.25, -0.2) is 4.67 Å². The molecule has 0 aliphatic rings. The maximum atomic E-state index is 10.9. The molecule has 0 heterocycles. The van der Waals surface area contributed by atoms with E-state index in [1.54, 1.807) is 4.67 Å². The van der Waals surface area contributed by atoms with Crippen LogP contribution in [0.5, 0.6) is 0 Å². The van der Waals surface area contributed by atoms with Gasteiger partial charge in [0.05, 0.1) is 0 Å². The molecule has 7 heteroatoms. The molecule has 4 nitrogen and oxygen atoms in total. The van der Waals surface area contributed by atoms with Gasteiger partial charge in [0, 0.05) is 13.1 Å². The molecule has 0 fully saturated rings. The van der Waals surface area contributed by atoms with Crippen LogP contribution in [-0.2, 0) is 4.57 Å². The van der Waals surface area contributed by atoms with E-state index >= 15 is 0 Å². The van der Waals surface area contributed by atoms with Crippen LogP contribution in [0.4, 0.5) is 0 Å².